The molecule has 0 unspecified atom stereocenters. The molecule has 0 saturated carbocycles. The van der Waals surface area contributed by atoms with E-state index in [1.165, 1.54) is 0 Å². The van der Waals surface area contributed by atoms with E-state index in [0.29, 0.717) is 21.7 Å². The van der Waals surface area contributed by atoms with Crippen molar-refractivity contribution in [3.63, 3.8) is 0 Å². The first-order chi connectivity index (χ1) is 9.10. The van der Waals surface area contributed by atoms with Crippen LogP contribution < -0.4 is 11.3 Å². The number of halogens is 2. The van der Waals surface area contributed by atoms with Crippen LogP contribution in [0.1, 0.15) is 25.2 Å². The quantitative estimate of drug-likeness (QED) is 0.673. The molecule has 0 bridgehead atoms. The van der Waals surface area contributed by atoms with Gasteiger partial charge in [-0.15, -0.1) is 0 Å². The van der Waals surface area contributed by atoms with Gasteiger partial charge in [0.05, 0.1) is 15.7 Å². The van der Waals surface area contributed by atoms with Crippen LogP contribution in [0.15, 0.2) is 12.1 Å². The average Bonchev–Trinajstić information content (AvgIpc) is 2.82. The van der Waals surface area contributed by atoms with E-state index in [1.54, 1.807) is 10.7 Å². The first-order valence-electron chi connectivity index (χ1n) is 6.01. The molecule has 0 aliphatic rings. The van der Waals surface area contributed by atoms with E-state index in [9.17, 15) is 0 Å². The number of nitrogen functional groups attached to an aromatic ring is 1. The lowest BCUT2D eigenvalue weighted by Gasteiger charge is -2.10. The summed E-state index contributed by atoms with van der Waals surface area (Å²) in [6.07, 6.45) is 1.69. The SMILES string of the molecule is CCc1cc(CC)n(-c2nc(NN)c(Cl)cc2Cl)n1. The fraction of sp³-hybridized carbons (Fsp3) is 0.333. The van der Waals surface area contributed by atoms with Crippen molar-refractivity contribution in [3.05, 3.63) is 33.6 Å². The zero-order valence-electron chi connectivity index (χ0n) is 10.7. The first-order valence-corrected chi connectivity index (χ1v) is 6.77. The van der Waals surface area contributed by atoms with E-state index < -0.39 is 0 Å². The van der Waals surface area contributed by atoms with Crippen LogP contribution >= 0.6 is 23.2 Å². The highest BCUT2D eigenvalue weighted by Crippen LogP contribution is 2.28. The zero-order valence-corrected chi connectivity index (χ0v) is 12.3. The smallest absolute Gasteiger partial charge is 0.174 e. The van der Waals surface area contributed by atoms with Crippen LogP contribution in [-0.2, 0) is 12.8 Å². The van der Waals surface area contributed by atoms with Gasteiger partial charge in [0.2, 0.25) is 0 Å². The lowest BCUT2D eigenvalue weighted by atomic mass is 10.2. The maximum Gasteiger partial charge on any atom is 0.174 e. The first kappa shape index (κ1) is 14.1. The summed E-state index contributed by atoms with van der Waals surface area (Å²) in [5, 5.41) is 5.30. The molecule has 5 nitrogen and oxygen atoms in total. The molecule has 19 heavy (non-hydrogen) atoms. The predicted molar refractivity (Wildman–Crippen MR) is 77.9 cm³/mol. The summed E-state index contributed by atoms with van der Waals surface area (Å²) < 4.78 is 1.73. The van der Waals surface area contributed by atoms with Crippen molar-refractivity contribution in [1.82, 2.24) is 14.8 Å². The van der Waals surface area contributed by atoms with Gasteiger partial charge in [0.1, 0.15) is 0 Å². The molecule has 0 aliphatic heterocycles. The Morgan fingerprint density at radius 2 is 1.95 bits per heavy atom. The summed E-state index contributed by atoms with van der Waals surface area (Å²) in [4.78, 5) is 4.32. The van der Waals surface area contributed by atoms with Crippen LogP contribution in [0.2, 0.25) is 10.0 Å². The van der Waals surface area contributed by atoms with E-state index in [2.05, 4.69) is 29.4 Å². The van der Waals surface area contributed by atoms with Crippen LogP contribution in [0, 0.1) is 0 Å². The van der Waals surface area contributed by atoms with Gasteiger partial charge in [-0.05, 0) is 25.0 Å². The minimum atomic E-state index is 0.372. The monoisotopic (exact) mass is 299 g/mol. The molecule has 0 spiro atoms. The standard InChI is InChI=1S/C12H15Cl2N5/c1-3-7-5-8(4-2)19(18-7)12-10(14)6-9(13)11(16-12)17-15/h5-6H,3-4,15H2,1-2H3,(H,16,17). The molecule has 2 aromatic rings. The van der Waals surface area contributed by atoms with Crippen LogP contribution in [-0.4, -0.2) is 14.8 Å². The van der Waals surface area contributed by atoms with Crippen molar-refractivity contribution in [3.8, 4) is 5.82 Å². The van der Waals surface area contributed by atoms with Gasteiger partial charge in [-0.2, -0.15) is 5.10 Å². The summed E-state index contributed by atoms with van der Waals surface area (Å²) in [6.45, 7) is 4.11. The molecular weight excluding hydrogens is 285 g/mol. The lowest BCUT2D eigenvalue weighted by Crippen LogP contribution is -2.12. The van der Waals surface area contributed by atoms with E-state index in [0.717, 1.165) is 24.2 Å². The lowest BCUT2D eigenvalue weighted by molar-refractivity contribution is 0.773. The van der Waals surface area contributed by atoms with Gasteiger partial charge < -0.3 is 5.43 Å². The van der Waals surface area contributed by atoms with Crippen molar-refractivity contribution in [2.24, 2.45) is 5.84 Å². The van der Waals surface area contributed by atoms with Crippen LogP contribution in [0.4, 0.5) is 5.82 Å². The fourth-order valence-corrected chi connectivity index (χ4v) is 2.28. The molecule has 0 aliphatic carbocycles. The predicted octanol–water partition coefficient (Wildman–Crippen LogP) is 2.98. The van der Waals surface area contributed by atoms with Gasteiger partial charge in [-0.25, -0.2) is 15.5 Å². The zero-order chi connectivity index (χ0) is 14.0. The Bertz CT molecular complexity index is 594. The van der Waals surface area contributed by atoms with Gasteiger partial charge >= 0.3 is 0 Å². The van der Waals surface area contributed by atoms with Crippen molar-refractivity contribution in [1.29, 1.82) is 0 Å². The normalized spacial score (nSPS) is 10.8. The molecule has 2 rings (SSSR count). The number of anilines is 1. The maximum atomic E-state index is 6.20. The van der Waals surface area contributed by atoms with Gasteiger partial charge in [0.25, 0.3) is 0 Å². The summed E-state index contributed by atoms with van der Waals surface area (Å²) in [5.41, 5.74) is 4.48. The molecule has 0 saturated heterocycles. The highest BCUT2D eigenvalue weighted by atomic mass is 35.5. The number of hydrazine groups is 1. The number of nitrogens with two attached hydrogens (primary N) is 1. The number of hydrogen-bond acceptors (Lipinski definition) is 4. The minimum absolute atomic E-state index is 0.372. The van der Waals surface area contributed by atoms with Gasteiger partial charge in [0, 0.05) is 5.69 Å². The molecule has 0 radical (unpaired) electrons. The van der Waals surface area contributed by atoms with E-state index in [1.807, 2.05) is 6.07 Å². The highest BCUT2D eigenvalue weighted by Gasteiger charge is 2.14. The molecule has 102 valence electrons. The third-order valence-corrected chi connectivity index (χ3v) is 3.37. The summed E-state index contributed by atoms with van der Waals surface area (Å²) in [5.74, 6) is 6.28. The van der Waals surface area contributed by atoms with Gasteiger partial charge in [-0.3, -0.25) is 0 Å². The molecule has 0 fully saturated rings. The Morgan fingerprint density at radius 3 is 2.53 bits per heavy atom. The molecule has 0 atom stereocenters. The van der Waals surface area contributed by atoms with E-state index >= 15 is 0 Å². The second-order valence-electron chi connectivity index (χ2n) is 4.01. The average molecular weight is 300 g/mol. The topological polar surface area (TPSA) is 68.8 Å². The molecule has 2 heterocycles. The molecule has 0 aromatic carbocycles. The van der Waals surface area contributed by atoms with Crippen LogP contribution in [0.25, 0.3) is 5.82 Å². The maximum absolute atomic E-state index is 6.20. The molecular formula is C12H15Cl2N5. The number of nitrogens with one attached hydrogen (secondary N) is 1. The number of aromatic nitrogens is 3. The molecule has 2 aromatic heterocycles. The number of pyridine rings is 1. The van der Waals surface area contributed by atoms with Gasteiger partial charge in [-0.1, -0.05) is 37.0 Å². The largest absolute Gasteiger partial charge is 0.307 e. The van der Waals surface area contributed by atoms with Crippen molar-refractivity contribution >= 4 is 29.0 Å². The Labute approximate surface area is 121 Å². The van der Waals surface area contributed by atoms with Crippen molar-refractivity contribution in [2.75, 3.05) is 5.43 Å². The summed E-state index contributed by atoms with van der Waals surface area (Å²) in [6, 6.07) is 3.65. The van der Waals surface area contributed by atoms with Crippen molar-refractivity contribution in [2.45, 2.75) is 26.7 Å². The third kappa shape index (κ3) is 2.68. The molecule has 3 N–H and O–H groups in total. The fourth-order valence-electron chi connectivity index (χ4n) is 1.79. The second kappa shape index (κ2) is 5.77. The summed E-state index contributed by atoms with van der Waals surface area (Å²) in [7, 11) is 0. The number of rotatable bonds is 4. The number of aryl methyl sites for hydroxylation is 2. The molecule has 0 amide bonds. The Kier molecular flexibility index (Phi) is 4.29. The number of hydrogen-bond donors (Lipinski definition) is 2. The number of nitrogens with zero attached hydrogens (tertiary/aromatic N) is 3. The van der Waals surface area contributed by atoms with E-state index in [4.69, 9.17) is 29.0 Å². The van der Waals surface area contributed by atoms with Crippen LogP contribution in [0.3, 0.4) is 0 Å². The Hall–Kier alpha value is -1.30. The third-order valence-electron chi connectivity index (χ3n) is 2.81. The van der Waals surface area contributed by atoms with Crippen LogP contribution in [0.5, 0.6) is 0 Å². The van der Waals surface area contributed by atoms with Crippen molar-refractivity contribution < 1.29 is 0 Å². The van der Waals surface area contributed by atoms with E-state index in [-0.39, 0.29) is 0 Å². The minimum Gasteiger partial charge on any atom is -0.307 e. The Balaban J connectivity index is 2.60. The second-order valence-corrected chi connectivity index (χ2v) is 4.83. The van der Waals surface area contributed by atoms with Gasteiger partial charge in [0.15, 0.2) is 11.6 Å². The summed E-state index contributed by atoms with van der Waals surface area (Å²) >= 11 is 12.2. The molecule has 7 heteroatoms. The Morgan fingerprint density at radius 1 is 1.21 bits per heavy atom. The highest BCUT2D eigenvalue weighted by molar-refractivity contribution is 6.36.